The van der Waals surface area contributed by atoms with Crippen molar-refractivity contribution in [2.45, 2.75) is 20.3 Å². The van der Waals surface area contributed by atoms with Crippen LogP contribution in [0.3, 0.4) is 0 Å². The monoisotopic (exact) mass is 450 g/mol. The van der Waals surface area contributed by atoms with E-state index in [1.165, 1.54) is 25.3 Å². The SMILES string of the molecule is COC(=O)CC(=O)Nc1cc(C)c(Oc2ccc(O)c(-c3cccc([N+](=O)[O-])c3)c2)c(C)c1. The zero-order chi connectivity index (χ0) is 24.1. The van der Waals surface area contributed by atoms with Crippen LogP contribution in [0.4, 0.5) is 11.4 Å². The smallest absolute Gasteiger partial charge is 0.315 e. The van der Waals surface area contributed by atoms with Crippen LogP contribution in [0.2, 0.25) is 0 Å². The number of hydrogen-bond acceptors (Lipinski definition) is 7. The highest BCUT2D eigenvalue weighted by molar-refractivity contribution is 6.02. The number of carbonyl (C=O) groups is 2. The summed E-state index contributed by atoms with van der Waals surface area (Å²) in [4.78, 5) is 33.8. The molecule has 33 heavy (non-hydrogen) atoms. The molecular formula is C24H22N2O7. The van der Waals surface area contributed by atoms with Crippen molar-refractivity contribution >= 4 is 23.3 Å². The number of nitrogens with zero attached hydrogens (tertiary/aromatic N) is 1. The number of phenols is 1. The predicted molar refractivity (Wildman–Crippen MR) is 121 cm³/mol. The molecule has 0 bridgehead atoms. The van der Waals surface area contributed by atoms with Crippen LogP contribution in [0.5, 0.6) is 17.2 Å². The summed E-state index contributed by atoms with van der Waals surface area (Å²) in [5.74, 6) is -0.193. The van der Waals surface area contributed by atoms with Gasteiger partial charge in [0.05, 0.1) is 12.0 Å². The highest BCUT2D eigenvalue weighted by Crippen LogP contribution is 2.37. The topological polar surface area (TPSA) is 128 Å². The molecule has 3 aromatic carbocycles. The van der Waals surface area contributed by atoms with Gasteiger partial charge >= 0.3 is 5.97 Å². The Balaban J connectivity index is 1.86. The summed E-state index contributed by atoms with van der Waals surface area (Å²) < 4.78 is 10.5. The number of carbonyl (C=O) groups excluding carboxylic acids is 2. The van der Waals surface area contributed by atoms with E-state index in [4.69, 9.17) is 4.74 Å². The number of anilines is 1. The molecule has 0 aliphatic carbocycles. The minimum absolute atomic E-state index is 0.0417. The fraction of sp³-hybridized carbons (Fsp3) is 0.167. The number of amides is 1. The van der Waals surface area contributed by atoms with Crippen molar-refractivity contribution < 1.29 is 29.1 Å². The first-order valence-corrected chi connectivity index (χ1v) is 9.91. The Bertz CT molecular complexity index is 1210. The van der Waals surface area contributed by atoms with Crippen molar-refractivity contribution in [3.63, 3.8) is 0 Å². The van der Waals surface area contributed by atoms with Crippen LogP contribution in [0.15, 0.2) is 54.6 Å². The predicted octanol–water partition coefficient (Wildman–Crippen LogP) is 4.88. The Morgan fingerprint density at radius 1 is 1.06 bits per heavy atom. The van der Waals surface area contributed by atoms with Gasteiger partial charge in [0.2, 0.25) is 5.91 Å². The number of nitro benzene ring substituents is 1. The number of ether oxygens (including phenoxy) is 2. The molecule has 0 spiro atoms. The molecule has 1 amide bonds. The Kier molecular flexibility index (Phi) is 6.92. The maximum absolute atomic E-state index is 11.9. The normalized spacial score (nSPS) is 10.4. The first kappa shape index (κ1) is 23.3. The second-order valence-electron chi connectivity index (χ2n) is 7.33. The molecule has 0 aromatic heterocycles. The summed E-state index contributed by atoms with van der Waals surface area (Å²) in [5.41, 5.74) is 2.74. The van der Waals surface area contributed by atoms with Gasteiger partial charge in [-0.1, -0.05) is 12.1 Å². The van der Waals surface area contributed by atoms with Crippen LogP contribution in [-0.2, 0) is 14.3 Å². The molecule has 9 nitrogen and oxygen atoms in total. The number of nitrogens with one attached hydrogen (secondary N) is 1. The molecule has 0 fully saturated rings. The van der Waals surface area contributed by atoms with E-state index in [2.05, 4.69) is 10.1 Å². The van der Waals surface area contributed by atoms with Crippen LogP contribution in [0.1, 0.15) is 17.5 Å². The third-order valence-corrected chi connectivity index (χ3v) is 4.83. The average molecular weight is 450 g/mol. The molecule has 3 aromatic rings. The Morgan fingerprint density at radius 2 is 1.76 bits per heavy atom. The van der Waals surface area contributed by atoms with Gasteiger partial charge in [0.1, 0.15) is 23.7 Å². The summed E-state index contributed by atoms with van der Waals surface area (Å²) in [5, 5.41) is 24.0. The largest absolute Gasteiger partial charge is 0.507 e. The van der Waals surface area contributed by atoms with Crippen LogP contribution < -0.4 is 10.1 Å². The molecule has 0 aliphatic rings. The Morgan fingerprint density at radius 3 is 2.39 bits per heavy atom. The molecule has 0 unspecified atom stereocenters. The zero-order valence-corrected chi connectivity index (χ0v) is 18.2. The number of methoxy groups -OCH3 is 1. The van der Waals surface area contributed by atoms with E-state index in [0.717, 1.165) is 11.1 Å². The van der Waals surface area contributed by atoms with E-state index < -0.39 is 16.8 Å². The van der Waals surface area contributed by atoms with Gasteiger partial charge in [0.15, 0.2) is 0 Å². The number of aromatic hydroxyl groups is 1. The first-order chi connectivity index (χ1) is 15.7. The minimum Gasteiger partial charge on any atom is -0.507 e. The Hall–Kier alpha value is -4.40. The van der Waals surface area contributed by atoms with Gasteiger partial charge in [-0.15, -0.1) is 0 Å². The van der Waals surface area contributed by atoms with E-state index in [-0.39, 0.29) is 17.9 Å². The van der Waals surface area contributed by atoms with E-state index in [1.54, 1.807) is 50.2 Å². The van der Waals surface area contributed by atoms with Gasteiger partial charge in [-0.2, -0.15) is 0 Å². The average Bonchev–Trinajstić information content (AvgIpc) is 2.77. The molecule has 0 saturated carbocycles. The van der Waals surface area contributed by atoms with Crippen molar-refractivity contribution in [3.05, 3.63) is 75.8 Å². The summed E-state index contributed by atoms with van der Waals surface area (Å²) >= 11 is 0. The molecule has 0 saturated heterocycles. The van der Waals surface area contributed by atoms with Crippen molar-refractivity contribution in [1.29, 1.82) is 0 Å². The number of nitro groups is 1. The van der Waals surface area contributed by atoms with Crippen molar-refractivity contribution in [1.82, 2.24) is 0 Å². The second-order valence-corrected chi connectivity index (χ2v) is 7.33. The van der Waals surface area contributed by atoms with Crippen molar-refractivity contribution in [3.8, 4) is 28.4 Å². The van der Waals surface area contributed by atoms with Crippen molar-refractivity contribution in [2.24, 2.45) is 0 Å². The van der Waals surface area contributed by atoms with Crippen LogP contribution >= 0.6 is 0 Å². The van der Waals surface area contributed by atoms with Gasteiger partial charge in [0.25, 0.3) is 5.69 Å². The summed E-state index contributed by atoms with van der Waals surface area (Å²) in [7, 11) is 1.21. The number of benzene rings is 3. The maximum Gasteiger partial charge on any atom is 0.315 e. The van der Waals surface area contributed by atoms with E-state index >= 15 is 0 Å². The number of non-ortho nitro benzene ring substituents is 1. The standard InChI is InChI=1S/C24H22N2O7/c1-14-9-17(25-22(28)13-23(29)32-3)10-15(2)24(14)33-19-7-8-21(27)20(12-19)16-5-4-6-18(11-16)26(30)31/h4-12,27H,13H2,1-3H3,(H,25,28). The van der Waals surface area contributed by atoms with Gasteiger partial charge < -0.3 is 19.9 Å². The molecule has 0 heterocycles. The molecule has 0 aliphatic heterocycles. The highest BCUT2D eigenvalue weighted by Gasteiger charge is 2.15. The molecular weight excluding hydrogens is 428 g/mol. The highest BCUT2D eigenvalue weighted by atomic mass is 16.6. The number of hydrogen-bond donors (Lipinski definition) is 2. The summed E-state index contributed by atoms with van der Waals surface area (Å²) in [6, 6.07) is 14.0. The molecule has 0 atom stereocenters. The third-order valence-electron chi connectivity index (χ3n) is 4.83. The number of aryl methyl sites for hydroxylation is 2. The van der Waals surface area contributed by atoms with Gasteiger partial charge in [-0.25, -0.2) is 0 Å². The molecule has 9 heteroatoms. The lowest BCUT2D eigenvalue weighted by atomic mass is 10.0. The molecule has 2 N–H and O–H groups in total. The zero-order valence-electron chi connectivity index (χ0n) is 18.2. The van der Waals surface area contributed by atoms with E-state index in [9.17, 15) is 24.8 Å². The fourth-order valence-corrected chi connectivity index (χ4v) is 3.31. The number of phenolic OH excluding ortho intramolecular Hbond substituents is 1. The quantitative estimate of drug-likeness (QED) is 0.227. The summed E-state index contributed by atoms with van der Waals surface area (Å²) in [6.07, 6.45) is -0.388. The minimum atomic E-state index is -0.632. The molecule has 170 valence electrons. The Labute approximate surface area is 189 Å². The first-order valence-electron chi connectivity index (χ1n) is 9.91. The van der Waals surface area contributed by atoms with Gasteiger partial charge in [0, 0.05) is 23.4 Å². The fourth-order valence-electron chi connectivity index (χ4n) is 3.31. The van der Waals surface area contributed by atoms with Gasteiger partial charge in [-0.05, 0) is 60.9 Å². The van der Waals surface area contributed by atoms with Crippen LogP contribution in [0, 0.1) is 24.0 Å². The second kappa shape index (κ2) is 9.82. The van der Waals surface area contributed by atoms with E-state index in [0.29, 0.717) is 28.3 Å². The lowest BCUT2D eigenvalue weighted by molar-refractivity contribution is -0.384. The molecule has 3 rings (SSSR count). The number of esters is 1. The summed E-state index contributed by atoms with van der Waals surface area (Å²) in [6.45, 7) is 3.61. The third kappa shape index (κ3) is 5.65. The lowest BCUT2D eigenvalue weighted by Gasteiger charge is -2.15. The number of rotatable bonds is 7. The lowest BCUT2D eigenvalue weighted by Crippen LogP contribution is -2.17. The van der Waals surface area contributed by atoms with Crippen molar-refractivity contribution in [2.75, 3.05) is 12.4 Å². The van der Waals surface area contributed by atoms with E-state index in [1.807, 2.05) is 0 Å². The molecule has 0 radical (unpaired) electrons. The maximum atomic E-state index is 11.9. The van der Waals surface area contributed by atoms with Crippen LogP contribution in [0.25, 0.3) is 11.1 Å². The van der Waals surface area contributed by atoms with Crippen LogP contribution in [-0.4, -0.2) is 29.0 Å². The van der Waals surface area contributed by atoms with Gasteiger partial charge in [-0.3, -0.25) is 19.7 Å².